The van der Waals surface area contributed by atoms with E-state index in [-0.39, 0.29) is 11.6 Å². The Bertz CT molecular complexity index is 696. The lowest BCUT2D eigenvalue weighted by Gasteiger charge is -2.33. The van der Waals surface area contributed by atoms with Crippen molar-refractivity contribution >= 4 is 35.1 Å². The van der Waals surface area contributed by atoms with Crippen molar-refractivity contribution in [1.29, 1.82) is 0 Å². The largest absolute Gasteiger partial charge is 0.465 e. The van der Waals surface area contributed by atoms with Crippen molar-refractivity contribution in [2.75, 3.05) is 6.61 Å². The van der Waals surface area contributed by atoms with Crippen LogP contribution in [0.25, 0.3) is 0 Å². The van der Waals surface area contributed by atoms with Gasteiger partial charge in [-0.25, -0.2) is 0 Å². The van der Waals surface area contributed by atoms with Crippen LogP contribution in [-0.2, 0) is 16.6 Å². The number of halogens is 2. The quantitative estimate of drug-likeness (QED) is 0.509. The maximum atomic E-state index is 12.5. The molecule has 1 amide bonds. The van der Waals surface area contributed by atoms with Gasteiger partial charge in [0.05, 0.1) is 17.9 Å². The predicted octanol–water partition coefficient (Wildman–Crippen LogP) is 2.27. The average molecular weight is 358 g/mol. The Balaban J connectivity index is 2.29. The van der Waals surface area contributed by atoms with Crippen LogP contribution in [-0.4, -0.2) is 33.3 Å². The molecule has 2 rings (SSSR count). The number of allylic oxidation sites excluding steroid dienone is 2. The molecule has 0 fully saturated rings. The van der Waals surface area contributed by atoms with E-state index in [9.17, 15) is 9.59 Å². The molecule has 1 aromatic heterocycles. The Morgan fingerprint density at radius 1 is 1.52 bits per heavy atom. The van der Waals surface area contributed by atoms with Gasteiger partial charge in [0.2, 0.25) is 0 Å². The third-order valence-electron chi connectivity index (χ3n) is 3.38. The molecule has 0 aliphatic heterocycles. The molecule has 1 aromatic rings. The zero-order valence-corrected chi connectivity index (χ0v) is 14.5. The predicted molar refractivity (Wildman–Crippen MR) is 87.2 cm³/mol. The summed E-state index contributed by atoms with van der Waals surface area (Å²) in [5, 5.41) is 6.96. The molecule has 0 spiro atoms. The number of rotatable bonds is 4. The summed E-state index contributed by atoms with van der Waals surface area (Å²) in [5.74, 6) is -2.07. The lowest BCUT2D eigenvalue weighted by atomic mass is 9.93. The Morgan fingerprint density at radius 3 is 2.78 bits per heavy atom. The van der Waals surface area contributed by atoms with Crippen molar-refractivity contribution in [2.45, 2.75) is 18.8 Å². The highest BCUT2D eigenvalue weighted by atomic mass is 35.5. The van der Waals surface area contributed by atoms with Crippen LogP contribution >= 0.6 is 23.2 Å². The molecule has 1 heterocycles. The summed E-state index contributed by atoms with van der Waals surface area (Å²) in [6, 6.07) is 0. The first-order chi connectivity index (χ1) is 10.8. The molecule has 0 bridgehead atoms. The lowest BCUT2D eigenvalue weighted by molar-refractivity contribution is -0.147. The van der Waals surface area contributed by atoms with Crippen molar-refractivity contribution in [3.63, 3.8) is 0 Å². The molecule has 1 aliphatic rings. The van der Waals surface area contributed by atoms with Crippen molar-refractivity contribution in [3.05, 3.63) is 40.7 Å². The number of aromatic nitrogens is 2. The number of esters is 1. The molecule has 6 nitrogen and oxygen atoms in total. The molecule has 124 valence electrons. The second-order valence-corrected chi connectivity index (χ2v) is 6.18. The zero-order valence-electron chi connectivity index (χ0n) is 13.0. The molecular formula is C15H17Cl2N3O3. The number of hydrogen-bond donors (Lipinski definition) is 1. The van der Waals surface area contributed by atoms with E-state index in [1.807, 2.05) is 0 Å². The first-order valence-corrected chi connectivity index (χ1v) is 7.77. The third kappa shape index (κ3) is 3.59. The van der Waals surface area contributed by atoms with Crippen LogP contribution in [0.4, 0.5) is 0 Å². The topological polar surface area (TPSA) is 73.2 Å². The van der Waals surface area contributed by atoms with E-state index in [4.69, 9.17) is 27.9 Å². The number of ether oxygens (including phenoxy) is 1. The van der Waals surface area contributed by atoms with Gasteiger partial charge in [-0.3, -0.25) is 14.3 Å². The van der Waals surface area contributed by atoms with Crippen LogP contribution in [0, 0.1) is 12.8 Å². The van der Waals surface area contributed by atoms with Gasteiger partial charge in [0.15, 0.2) is 5.00 Å². The molecule has 0 saturated carbocycles. The van der Waals surface area contributed by atoms with E-state index in [1.54, 1.807) is 39.2 Å². The van der Waals surface area contributed by atoms with Gasteiger partial charge in [-0.15, -0.1) is 0 Å². The summed E-state index contributed by atoms with van der Waals surface area (Å²) in [6.07, 6.45) is 6.21. The van der Waals surface area contributed by atoms with E-state index in [1.165, 1.54) is 10.8 Å². The van der Waals surface area contributed by atoms with E-state index in [0.29, 0.717) is 11.3 Å². The minimum atomic E-state index is -1.50. The van der Waals surface area contributed by atoms with Crippen LogP contribution in [0.15, 0.2) is 29.5 Å². The van der Waals surface area contributed by atoms with Gasteiger partial charge in [-0.05, 0) is 26.0 Å². The van der Waals surface area contributed by atoms with Gasteiger partial charge in [0.1, 0.15) is 5.92 Å². The summed E-state index contributed by atoms with van der Waals surface area (Å²) in [6.45, 7) is 3.58. The van der Waals surface area contributed by atoms with E-state index in [0.717, 1.165) is 0 Å². The Kier molecular flexibility index (Phi) is 5.16. The summed E-state index contributed by atoms with van der Waals surface area (Å²) < 4.78 is 6.54. The Labute approximate surface area is 144 Å². The number of aryl methyl sites for hydroxylation is 2. The van der Waals surface area contributed by atoms with Crippen molar-refractivity contribution in [1.82, 2.24) is 15.1 Å². The summed E-state index contributed by atoms with van der Waals surface area (Å²) in [5.41, 5.74) is 0.925. The summed E-state index contributed by atoms with van der Waals surface area (Å²) in [7, 11) is 1.71. The van der Waals surface area contributed by atoms with Gasteiger partial charge < -0.3 is 10.1 Å². The fourth-order valence-corrected chi connectivity index (χ4v) is 3.12. The van der Waals surface area contributed by atoms with Gasteiger partial charge in [0, 0.05) is 18.3 Å². The highest BCUT2D eigenvalue weighted by Crippen LogP contribution is 2.37. The Hall–Kier alpha value is -1.79. The van der Waals surface area contributed by atoms with Crippen LogP contribution in [0.3, 0.4) is 0 Å². The lowest BCUT2D eigenvalue weighted by Crippen LogP contribution is -2.52. The van der Waals surface area contributed by atoms with Crippen LogP contribution in [0.1, 0.15) is 23.0 Å². The number of nitrogens with one attached hydrogen (secondary N) is 1. The Morgan fingerprint density at radius 2 is 2.22 bits per heavy atom. The fourth-order valence-electron chi connectivity index (χ4n) is 2.36. The SMILES string of the molecule is CCOC(=O)C1C(Cl)=CC=CC1(Cl)NC(=O)c1cn(C)nc1C. The molecule has 1 N–H and O–H groups in total. The first kappa shape index (κ1) is 17.6. The maximum Gasteiger partial charge on any atom is 0.318 e. The molecule has 0 saturated heterocycles. The average Bonchev–Trinajstić information content (AvgIpc) is 2.77. The molecule has 1 aliphatic carbocycles. The number of amides is 1. The first-order valence-electron chi connectivity index (χ1n) is 7.01. The zero-order chi connectivity index (χ0) is 17.2. The van der Waals surface area contributed by atoms with E-state index >= 15 is 0 Å². The molecule has 8 heteroatoms. The maximum absolute atomic E-state index is 12.5. The van der Waals surface area contributed by atoms with Crippen molar-refractivity contribution in [3.8, 4) is 0 Å². The van der Waals surface area contributed by atoms with E-state index in [2.05, 4.69) is 10.4 Å². The molecule has 0 aromatic carbocycles. The van der Waals surface area contributed by atoms with Gasteiger partial charge in [-0.2, -0.15) is 5.10 Å². The highest BCUT2D eigenvalue weighted by molar-refractivity contribution is 6.35. The minimum Gasteiger partial charge on any atom is -0.465 e. The summed E-state index contributed by atoms with van der Waals surface area (Å²) in [4.78, 5) is 23.2. The standard InChI is InChI=1S/C15H17Cl2N3O3/c1-4-23-14(22)12-11(16)6-5-7-15(12,17)18-13(21)10-8-20(3)19-9(10)2/h5-8,12H,4H2,1-3H3,(H,18,21). The molecule has 2 atom stereocenters. The second-order valence-electron chi connectivity index (χ2n) is 5.12. The van der Waals surface area contributed by atoms with Crippen LogP contribution < -0.4 is 5.32 Å². The molecule has 2 unspecified atom stereocenters. The second kappa shape index (κ2) is 6.76. The highest BCUT2D eigenvalue weighted by Gasteiger charge is 2.45. The molecule has 23 heavy (non-hydrogen) atoms. The number of carbonyl (C=O) groups is 2. The van der Waals surface area contributed by atoms with Crippen LogP contribution in [0.2, 0.25) is 0 Å². The summed E-state index contributed by atoms with van der Waals surface area (Å²) >= 11 is 12.6. The van der Waals surface area contributed by atoms with E-state index < -0.39 is 22.8 Å². The van der Waals surface area contributed by atoms with Crippen molar-refractivity contribution in [2.24, 2.45) is 13.0 Å². The minimum absolute atomic E-state index is 0.186. The third-order valence-corrected chi connectivity index (χ3v) is 4.16. The number of alkyl halides is 1. The van der Waals surface area contributed by atoms with Crippen molar-refractivity contribution < 1.29 is 14.3 Å². The normalized spacial score (nSPS) is 23.3. The van der Waals surface area contributed by atoms with Gasteiger partial charge >= 0.3 is 5.97 Å². The molecular weight excluding hydrogens is 341 g/mol. The van der Waals surface area contributed by atoms with Crippen LogP contribution in [0.5, 0.6) is 0 Å². The molecule has 0 radical (unpaired) electrons. The fraction of sp³-hybridized carbons (Fsp3) is 0.400. The number of nitrogens with zero attached hydrogens (tertiary/aromatic N) is 2. The monoisotopic (exact) mass is 357 g/mol. The van der Waals surface area contributed by atoms with Gasteiger partial charge in [-0.1, -0.05) is 29.3 Å². The number of hydrogen-bond acceptors (Lipinski definition) is 4. The van der Waals surface area contributed by atoms with Gasteiger partial charge in [0.25, 0.3) is 5.91 Å². The smallest absolute Gasteiger partial charge is 0.318 e. The number of carbonyl (C=O) groups excluding carboxylic acids is 2.